The van der Waals surface area contributed by atoms with Crippen LogP contribution in [0.2, 0.25) is 0 Å². The van der Waals surface area contributed by atoms with Crippen molar-refractivity contribution in [3.8, 4) is 0 Å². The van der Waals surface area contributed by atoms with Gasteiger partial charge in [0.25, 0.3) is 0 Å². The molecule has 1 aromatic rings. The van der Waals surface area contributed by atoms with E-state index in [1.165, 1.54) is 31.2 Å². The summed E-state index contributed by atoms with van der Waals surface area (Å²) in [6, 6.07) is 8.42. The van der Waals surface area contributed by atoms with Crippen LogP contribution in [-0.4, -0.2) is 0 Å². The van der Waals surface area contributed by atoms with Crippen LogP contribution in [-0.2, 0) is 6.42 Å². The quantitative estimate of drug-likeness (QED) is 0.530. The Balaban J connectivity index is 2.41. The van der Waals surface area contributed by atoms with Gasteiger partial charge in [-0.05, 0) is 30.5 Å². The highest BCUT2D eigenvalue weighted by Gasteiger charge is 1.92. The topological polar surface area (TPSA) is 0 Å². The Morgan fingerprint density at radius 3 is 2.75 bits per heavy atom. The molecule has 1 heteroatoms. The lowest BCUT2D eigenvalue weighted by atomic mass is 10.1. The highest BCUT2D eigenvalue weighted by Crippen LogP contribution is 2.11. The molecule has 0 aliphatic carbocycles. The van der Waals surface area contributed by atoms with E-state index in [0.717, 1.165) is 4.90 Å². The van der Waals surface area contributed by atoms with Gasteiger partial charge in [0.05, 0.1) is 0 Å². The Bertz CT molecular complexity index is 230. The molecule has 0 amide bonds. The summed E-state index contributed by atoms with van der Waals surface area (Å²) >= 11 is 4.30. The molecule has 0 fully saturated rings. The molecule has 0 aliphatic heterocycles. The highest BCUT2D eigenvalue weighted by atomic mass is 32.1. The Hall–Kier alpha value is -0.430. The fraction of sp³-hybridized carbons (Fsp3) is 0.455. The van der Waals surface area contributed by atoms with Crippen LogP contribution in [0.15, 0.2) is 29.2 Å². The maximum atomic E-state index is 4.30. The van der Waals surface area contributed by atoms with Crippen LogP contribution < -0.4 is 0 Å². The molecule has 12 heavy (non-hydrogen) atoms. The van der Waals surface area contributed by atoms with Gasteiger partial charge >= 0.3 is 0 Å². The fourth-order valence-electron chi connectivity index (χ4n) is 1.29. The summed E-state index contributed by atoms with van der Waals surface area (Å²) in [5.74, 6) is 0. The molecular formula is C11H16S. The average Bonchev–Trinajstić information content (AvgIpc) is 2.05. The van der Waals surface area contributed by atoms with Gasteiger partial charge in [0.15, 0.2) is 0 Å². The van der Waals surface area contributed by atoms with E-state index in [1.54, 1.807) is 0 Å². The van der Waals surface area contributed by atoms with E-state index in [2.05, 4.69) is 37.8 Å². The van der Waals surface area contributed by atoms with E-state index in [-0.39, 0.29) is 0 Å². The molecule has 0 bridgehead atoms. The maximum absolute atomic E-state index is 4.30. The molecule has 66 valence electrons. The third kappa shape index (κ3) is 3.31. The third-order valence-corrected chi connectivity index (χ3v) is 2.26. The van der Waals surface area contributed by atoms with E-state index in [9.17, 15) is 0 Å². The molecule has 0 aliphatic rings. The van der Waals surface area contributed by atoms with E-state index in [1.807, 2.05) is 6.07 Å². The van der Waals surface area contributed by atoms with Gasteiger partial charge in [-0.3, -0.25) is 0 Å². The zero-order chi connectivity index (χ0) is 8.81. The predicted octanol–water partition coefficient (Wildman–Crippen LogP) is 3.71. The van der Waals surface area contributed by atoms with Gasteiger partial charge in [-0.2, -0.15) is 0 Å². The lowest BCUT2D eigenvalue weighted by Gasteiger charge is -2.00. The van der Waals surface area contributed by atoms with Gasteiger partial charge < -0.3 is 0 Å². The minimum Gasteiger partial charge on any atom is -0.143 e. The molecule has 1 rings (SSSR count). The number of hydrogen-bond donors (Lipinski definition) is 1. The molecule has 0 atom stereocenters. The van der Waals surface area contributed by atoms with Gasteiger partial charge in [-0.25, -0.2) is 0 Å². The first-order valence-electron chi connectivity index (χ1n) is 4.61. The van der Waals surface area contributed by atoms with Crippen LogP contribution in [0.3, 0.4) is 0 Å². The fourth-order valence-corrected chi connectivity index (χ4v) is 1.54. The van der Waals surface area contributed by atoms with Gasteiger partial charge in [0, 0.05) is 4.90 Å². The summed E-state index contributed by atoms with van der Waals surface area (Å²) in [6.45, 7) is 2.23. The van der Waals surface area contributed by atoms with Crippen molar-refractivity contribution in [2.75, 3.05) is 0 Å². The number of benzene rings is 1. The first kappa shape index (κ1) is 9.66. The van der Waals surface area contributed by atoms with Gasteiger partial charge in [-0.15, -0.1) is 12.6 Å². The van der Waals surface area contributed by atoms with Crippen LogP contribution in [0, 0.1) is 0 Å². The second-order valence-electron chi connectivity index (χ2n) is 3.13. The molecule has 0 heterocycles. The largest absolute Gasteiger partial charge is 0.143 e. The van der Waals surface area contributed by atoms with Crippen molar-refractivity contribution in [3.63, 3.8) is 0 Å². The van der Waals surface area contributed by atoms with Crippen molar-refractivity contribution in [1.82, 2.24) is 0 Å². The van der Waals surface area contributed by atoms with Crippen LogP contribution in [0.1, 0.15) is 31.7 Å². The van der Waals surface area contributed by atoms with E-state index in [0.29, 0.717) is 0 Å². The monoisotopic (exact) mass is 180 g/mol. The number of rotatable bonds is 4. The van der Waals surface area contributed by atoms with Gasteiger partial charge in [-0.1, -0.05) is 31.9 Å². The zero-order valence-electron chi connectivity index (χ0n) is 7.59. The molecule has 1 aromatic carbocycles. The Morgan fingerprint density at radius 2 is 2.08 bits per heavy atom. The molecule has 0 radical (unpaired) electrons. The molecule has 0 spiro atoms. The second-order valence-corrected chi connectivity index (χ2v) is 3.64. The number of unbranched alkanes of at least 4 members (excludes halogenated alkanes) is 2. The van der Waals surface area contributed by atoms with E-state index >= 15 is 0 Å². The SMILES string of the molecule is CCCCCc1cccc(S)c1. The number of hydrogen-bond acceptors (Lipinski definition) is 1. The van der Waals surface area contributed by atoms with Gasteiger partial charge in [0.2, 0.25) is 0 Å². The van der Waals surface area contributed by atoms with Crippen molar-refractivity contribution in [1.29, 1.82) is 0 Å². The van der Waals surface area contributed by atoms with Crippen molar-refractivity contribution < 1.29 is 0 Å². The maximum Gasteiger partial charge on any atom is 0.00427 e. The van der Waals surface area contributed by atoms with E-state index < -0.39 is 0 Å². The summed E-state index contributed by atoms with van der Waals surface area (Å²) in [5.41, 5.74) is 1.41. The second kappa shape index (κ2) is 5.26. The predicted molar refractivity (Wildman–Crippen MR) is 56.9 cm³/mol. The summed E-state index contributed by atoms with van der Waals surface area (Å²) in [7, 11) is 0. The highest BCUT2D eigenvalue weighted by molar-refractivity contribution is 7.80. The van der Waals surface area contributed by atoms with Crippen LogP contribution in [0.5, 0.6) is 0 Å². The zero-order valence-corrected chi connectivity index (χ0v) is 8.48. The van der Waals surface area contributed by atoms with E-state index in [4.69, 9.17) is 0 Å². The van der Waals surface area contributed by atoms with Crippen molar-refractivity contribution >= 4 is 12.6 Å². The number of thiol groups is 1. The Morgan fingerprint density at radius 1 is 1.25 bits per heavy atom. The van der Waals surface area contributed by atoms with Crippen molar-refractivity contribution in [3.05, 3.63) is 29.8 Å². The van der Waals surface area contributed by atoms with Crippen LogP contribution >= 0.6 is 12.6 Å². The van der Waals surface area contributed by atoms with Crippen molar-refractivity contribution in [2.45, 2.75) is 37.5 Å². The third-order valence-electron chi connectivity index (χ3n) is 1.98. The summed E-state index contributed by atoms with van der Waals surface area (Å²) in [5, 5.41) is 0. The van der Waals surface area contributed by atoms with Crippen LogP contribution in [0.25, 0.3) is 0 Å². The Labute approximate surface area is 80.4 Å². The normalized spacial score (nSPS) is 10.2. The average molecular weight is 180 g/mol. The molecule has 0 unspecified atom stereocenters. The molecule has 0 nitrogen and oxygen atoms in total. The van der Waals surface area contributed by atoms with Crippen molar-refractivity contribution in [2.24, 2.45) is 0 Å². The summed E-state index contributed by atoms with van der Waals surface area (Å²) in [6.07, 6.45) is 5.12. The molecule has 0 N–H and O–H groups in total. The first-order chi connectivity index (χ1) is 5.83. The minimum atomic E-state index is 1.07. The molecule has 0 aromatic heterocycles. The van der Waals surface area contributed by atoms with Gasteiger partial charge in [0.1, 0.15) is 0 Å². The molecule has 0 saturated heterocycles. The molecular weight excluding hydrogens is 164 g/mol. The number of aryl methyl sites for hydroxylation is 1. The summed E-state index contributed by atoms with van der Waals surface area (Å²) in [4.78, 5) is 1.07. The molecule has 0 saturated carbocycles. The minimum absolute atomic E-state index is 1.07. The standard InChI is InChI=1S/C11H16S/c1-2-3-4-6-10-7-5-8-11(12)9-10/h5,7-9,12H,2-4,6H2,1H3. The first-order valence-corrected chi connectivity index (χ1v) is 5.05. The summed E-state index contributed by atoms with van der Waals surface area (Å²) < 4.78 is 0. The smallest absolute Gasteiger partial charge is 0.00427 e. The lowest BCUT2D eigenvalue weighted by Crippen LogP contribution is -1.84. The Kier molecular flexibility index (Phi) is 4.23. The lowest BCUT2D eigenvalue weighted by molar-refractivity contribution is 0.717. The van der Waals surface area contributed by atoms with Crippen LogP contribution in [0.4, 0.5) is 0 Å².